The highest BCUT2D eigenvalue weighted by Crippen LogP contribution is 2.33. The predicted octanol–water partition coefficient (Wildman–Crippen LogP) is 3.74. The molecule has 3 aromatic carbocycles. The lowest BCUT2D eigenvalue weighted by Crippen LogP contribution is -2.35. The second-order valence-electron chi connectivity index (χ2n) is 7.48. The summed E-state index contributed by atoms with van der Waals surface area (Å²) in [5.41, 5.74) is 3.99. The Bertz CT molecular complexity index is 1110. The fourth-order valence-electron chi connectivity index (χ4n) is 4.36. The van der Waals surface area contributed by atoms with Gasteiger partial charge in [-0.25, -0.2) is 4.79 Å². The normalized spacial score (nSPS) is 16.8. The Morgan fingerprint density at radius 2 is 1.83 bits per heavy atom. The van der Waals surface area contributed by atoms with Gasteiger partial charge < -0.3 is 14.8 Å². The molecule has 146 valence electrons. The summed E-state index contributed by atoms with van der Waals surface area (Å²) in [6.07, 6.45) is 2.69. The van der Waals surface area contributed by atoms with Crippen molar-refractivity contribution in [3.63, 3.8) is 0 Å². The third kappa shape index (κ3) is 3.23. The van der Waals surface area contributed by atoms with E-state index in [1.54, 1.807) is 0 Å². The highest BCUT2D eigenvalue weighted by Gasteiger charge is 2.24. The molecule has 1 heterocycles. The van der Waals surface area contributed by atoms with E-state index in [-0.39, 0.29) is 18.6 Å². The number of para-hydroxylation sites is 1. The molecule has 5 heteroatoms. The van der Waals surface area contributed by atoms with Crippen LogP contribution in [0.5, 0.6) is 5.75 Å². The average molecular weight is 387 g/mol. The van der Waals surface area contributed by atoms with Crippen LogP contribution in [0, 0.1) is 0 Å². The lowest BCUT2D eigenvalue weighted by molar-refractivity contribution is -0.125. The fraction of sp³-hybridized carbons (Fsp3) is 0.250. The Hall–Kier alpha value is -3.34. The van der Waals surface area contributed by atoms with Gasteiger partial charge in [0.15, 0.2) is 6.61 Å². The van der Waals surface area contributed by atoms with Crippen LogP contribution >= 0.6 is 0 Å². The molecule has 1 aliphatic heterocycles. The van der Waals surface area contributed by atoms with Gasteiger partial charge in [0.25, 0.3) is 5.91 Å². The number of carbonyl (C=O) groups is 2. The van der Waals surface area contributed by atoms with E-state index in [1.807, 2.05) is 48.5 Å². The number of hydrogen-bond acceptors (Lipinski definition) is 4. The summed E-state index contributed by atoms with van der Waals surface area (Å²) < 4.78 is 11.0. The molecule has 3 aromatic rings. The van der Waals surface area contributed by atoms with Crippen LogP contribution in [0.4, 0.5) is 0 Å². The van der Waals surface area contributed by atoms with Crippen molar-refractivity contribution >= 4 is 22.6 Å². The van der Waals surface area contributed by atoms with Crippen LogP contribution in [0.1, 0.15) is 39.5 Å². The molecule has 0 saturated heterocycles. The van der Waals surface area contributed by atoms with Crippen LogP contribution < -0.4 is 10.1 Å². The second-order valence-corrected chi connectivity index (χ2v) is 7.48. The van der Waals surface area contributed by atoms with E-state index < -0.39 is 5.97 Å². The van der Waals surface area contributed by atoms with E-state index in [4.69, 9.17) is 9.47 Å². The molecule has 1 N–H and O–H groups in total. The Morgan fingerprint density at radius 3 is 2.72 bits per heavy atom. The van der Waals surface area contributed by atoms with Crippen LogP contribution in [-0.4, -0.2) is 25.1 Å². The second kappa shape index (κ2) is 7.24. The lowest BCUT2D eigenvalue weighted by Gasteiger charge is -2.26. The Balaban J connectivity index is 1.27. The minimum atomic E-state index is -0.469. The highest BCUT2D eigenvalue weighted by molar-refractivity contribution is 6.07. The van der Waals surface area contributed by atoms with Crippen LogP contribution in [0.25, 0.3) is 10.8 Å². The van der Waals surface area contributed by atoms with Crippen molar-refractivity contribution < 1.29 is 19.1 Å². The van der Waals surface area contributed by atoms with Gasteiger partial charge in [0, 0.05) is 12.0 Å². The van der Waals surface area contributed by atoms with Gasteiger partial charge in [-0.2, -0.15) is 0 Å². The molecule has 0 radical (unpaired) electrons. The molecule has 1 aliphatic carbocycles. The number of esters is 1. The van der Waals surface area contributed by atoms with Gasteiger partial charge in [0.05, 0.1) is 18.2 Å². The predicted molar refractivity (Wildman–Crippen MR) is 109 cm³/mol. The number of fused-ring (bicyclic) bond motifs is 1. The van der Waals surface area contributed by atoms with Crippen LogP contribution in [0.3, 0.4) is 0 Å². The monoisotopic (exact) mass is 387 g/mol. The number of benzene rings is 3. The molecule has 0 bridgehead atoms. The first-order valence-corrected chi connectivity index (χ1v) is 9.92. The van der Waals surface area contributed by atoms with Crippen molar-refractivity contribution in [1.82, 2.24) is 5.32 Å². The first-order valence-electron chi connectivity index (χ1n) is 9.92. The van der Waals surface area contributed by atoms with Crippen molar-refractivity contribution in [1.29, 1.82) is 0 Å². The molecule has 29 heavy (non-hydrogen) atoms. The molecule has 5 nitrogen and oxygen atoms in total. The minimum absolute atomic E-state index is 0.136. The average Bonchev–Trinajstić information content (AvgIpc) is 3.18. The third-order valence-corrected chi connectivity index (χ3v) is 5.72. The Labute approximate surface area is 168 Å². The lowest BCUT2D eigenvalue weighted by atomic mass is 10.00. The maximum absolute atomic E-state index is 12.7. The summed E-state index contributed by atoms with van der Waals surface area (Å²) in [5, 5.41) is 5.01. The van der Waals surface area contributed by atoms with Crippen molar-refractivity contribution in [2.24, 2.45) is 0 Å². The van der Waals surface area contributed by atoms with Crippen molar-refractivity contribution in [2.45, 2.75) is 25.3 Å². The maximum atomic E-state index is 12.7. The molecule has 0 fully saturated rings. The van der Waals surface area contributed by atoms with Gasteiger partial charge in [-0.05, 0) is 46.9 Å². The minimum Gasteiger partial charge on any atom is -0.493 e. The topological polar surface area (TPSA) is 64.6 Å². The zero-order valence-corrected chi connectivity index (χ0v) is 15.9. The number of ether oxygens (including phenoxy) is 2. The van der Waals surface area contributed by atoms with Gasteiger partial charge >= 0.3 is 5.97 Å². The molecule has 5 rings (SSSR count). The number of rotatable bonds is 4. The van der Waals surface area contributed by atoms with Gasteiger partial charge in [-0.3, -0.25) is 4.79 Å². The summed E-state index contributed by atoms with van der Waals surface area (Å²) in [5.74, 6) is 0.00282. The molecule has 1 unspecified atom stereocenters. The van der Waals surface area contributed by atoms with E-state index in [2.05, 4.69) is 11.4 Å². The number of hydrogen-bond donors (Lipinski definition) is 1. The van der Waals surface area contributed by atoms with Gasteiger partial charge in [0.2, 0.25) is 0 Å². The summed E-state index contributed by atoms with van der Waals surface area (Å²) in [6.45, 7) is 0.240. The zero-order chi connectivity index (χ0) is 19.8. The SMILES string of the molecule is O=C(COC(=O)c1ccc2c3c(cccc13)CC2)NC1CCOc2ccccc21. The first-order chi connectivity index (χ1) is 14.2. The van der Waals surface area contributed by atoms with Crippen molar-refractivity contribution in [3.05, 3.63) is 76.9 Å². The maximum Gasteiger partial charge on any atom is 0.339 e. The smallest absolute Gasteiger partial charge is 0.339 e. The summed E-state index contributed by atoms with van der Waals surface area (Å²) >= 11 is 0. The summed E-state index contributed by atoms with van der Waals surface area (Å²) in [7, 11) is 0. The molecule has 0 aromatic heterocycles. The van der Waals surface area contributed by atoms with Crippen LogP contribution in [0.2, 0.25) is 0 Å². The molecular formula is C24H21NO4. The molecule has 0 saturated carbocycles. The summed E-state index contributed by atoms with van der Waals surface area (Å²) in [6, 6.07) is 17.3. The molecular weight excluding hydrogens is 366 g/mol. The third-order valence-electron chi connectivity index (χ3n) is 5.72. The quantitative estimate of drug-likeness (QED) is 0.693. The first kappa shape index (κ1) is 17.7. The highest BCUT2D eigenvalue weighted by atomic mass is 16.5. The van der Waals surface area contributed by atoms with E-state index in [9.17, 15) is 9.59 Å². The van der Waals surface area contributed by atoms with Gasteiger partial charge in [-0.1, -0.05) is 42.5 Å². The van der Waals surface area contributed by atoms with Gasteiger partial charge in [0.1, 0.15) is 5.75 Å². The van der Waals surface area contributed by atoms with E-state index in [1.165, 1.54) is 11.1 Å². The van der Waals surface area contributed by atoms with Crippen molar-refractivity contribution in [2.75, 3.05) is 13.2 Å². The number of amides is 1. The number of aryl methyl sites for hydroxylation is 2. The summed E-state index contributed by atoms with van der Waals surface area (Å²) in [4.78, 5) is 25.1. The Morgan fingerprint density at radius 1 is 1.00 bits per heavy atom. The molecule has 2 aliphatic rings. The van der Waals surface area contributed by atoms with E-state index in [0.29, 0.717) is 18.6 Å². The largest absolute Gasteiger partial charge is 0.493 e. The fourth-order valence-corrected chi connectivity index (χ4v) is 4.36. The zero-order valence-electron chi connectivity index (χ0n) is 15.9. The Kier molecular flexibility index (Phi) is 4.43. The van der Waals surface area contributed by atoms with Crippen molar-refractivity contribution in [3.8, 4) is 5.75 Å². The number of carbonyl (C=O) groups excluding carboxylic acids is 2. The van der Waals surface area contributed by atoms with Crippen LogP contribution in [-0.2, 0) is 22.4 Å². The molecule has 1 amide bonds. The van der Waals surface area contributed by atoms with E-state index >= 15 is 0 Å². The number of nitrogens with one attached hydrogen (secondary N) is 1. The molecule has 1 atom stereocenters. The van der Waals surface area contributed by atoms with E-state index in [0.717, 1.165) is 34.9 Å². The standard InChI is InChI=1S/C24H21NO4/c26-22(25-20-12-13-28-21-7-2-1-5-19(20)21)14-29-24(27)18-11-10-16-9-8-15-4-3-6-17(18)23(15)16/h1-7,10-11,20H,8-9,12-14H2,(H,25,26). The van der Waals surface area contributed by atoms with Crippen LogP contribution in [0.15, 0.2) is 54.6 Å². The van der Waals surface area contributed by atoms with Gasteiger partial charge in [-0.15, -0.1) is 0 Å². The molecule has 0 spiro atoms.